The zero-order chi connectivity index (χ0) is 11.0. The lowest BCUT2D eigenvalue weighted by molar-refractivity contribution is 0.119. The summed E-state index contributed by atoms with van der Waals surface area (Å²) in [4.78, 5) is 0. The normalized spacial score (nSPS) is 61.2. The number of fused-ring (bicyclic) bond motifs is 9. The van der Waals surface area contributed by atoms with Crippen molar-refractivity contribution in [2.24, 2.45) is 53.3 Å². The fourth-order valence-electron chi connectivity index (χ4n) is 6.27. The SMILES string of the molecule is CC(C)C1CC2C(C)C1C1C3C=CC(C3)C21. The van der Waals surface area contributed by atoms with Gasteiger partial charge in [-0.05, 0) is 66.1 Å². The van der Waals surface area contributed by atoms with Crippen molar-refractivity contribution in [3.63, 3.8) is 0 Å². The second-order valence-corrected chi connectivity index (χ2v) is 7.35. The molecule has 3 fully saturated rings. The Labute approximate surface area is 99.5 Å². The molecule has 0 radical (unpaired) electrons. The number of hydrogen-bond acceptors (Lipinski definition) is 0. The summed E-state index contributed by atoms with van der Waals surface area (Å²) in [7, 11) is 0. The molecule has 0 amide bonds. The number of hydrogen-bond donors (Lipinski definition) is 0. The van der Waals surface area contributed by atoms with Gasteiger partial charge < -0.3 is 0 Å². The molecule has 0 aromatic heterocycles. The summed E-state index contributed by atoms with van der Waals surface area (Å²) in [6.07, 6.45) is 8.20. The Hall–Kier alpha value is -0.260. The molecule has 0 nitrogen and oxygen atoms in total. The van der Waals surface area contributed by atoms with Gasteiger partial charge in [0.05, 0.1) is 0 Å². The molecule has 0 heteroatoms. The monoisotopic (exact) mass is 216 g/mol. The van der Waals surface area contributed by atoms with Crippen LogP contribution in [0.3, 0.4) is 0 Å². The first-order chi connectivity index (χ1) is 7.68. The van der Waals surface area contributed by atoms with Crippen molar-refractivity contribution in [2.45, 2.75) is 33.6 Å². The Bertz CT molecular complexity index is 340. The first-order valence-corrected chi connectivity index (χ1v) is 7.37. The second-order valence-electron chi connectivity index (χ2n) is 7.35. The van der Waals surface area contributed by atoms with E-state index in [1.165, 1.54) is 6.42 Å². The third-order valence-corrected chi connectivity index (χ3v) is 6.70. The topological polar surface area (TPSA) is 0 Å². The lowest BCUT2D eigenvalue weighted by atomic mass is 9.67. The minimum absolute atomic E-state index is 0.918. The van der Waals surface area contributed by atoms with E-state index in [-0.39, 0.29) is 0 Å². The summed E-state index contributed by atoms with van der Waals surface area (Å²) in [6.45, 7) is 7.47. The van der Waals surface area contributed by atoms with Crippen molar-refractivity contribution < 1.29 is 0 Å². The van der Waals surface area contributed by atoms with Gasteiger partial charge in [-0.1, -0.05) is 32.9 Å². The van der Waals surface area contributed by atoms with E-state index in [1.807, 2.05) is 0 Å². The van der Waals surface area contributed by atoms with Crippen LogP contribution in [-0.2, 0) is 0 Å². The van der Waals surface area contributed by atoms with Crippen LogP contribution in [0.4, 0.5) is 0 Å². The highest BCUT2D eigenvalue weighted by Gasteiger charge is 2.64. The Morgan fingerprint density at radius 1 is 0.938 bits per heavy atom. The lowest BCUT2D eigenvalue weighted by Crippen LogP contribution is -2.33. The highest BCUT2D eigenvalue weighted by Crippen LogP contribution is 2.69. The summed E-state index contributed by atoms with van der Waals surface area (Å²) in [6, 6.07) is 0. The molecule has 0 heterocycles. The van der Waals surface area contributed by atoms with E-state index in [0.29, 0.717) is 0 Å². The molecule has 88 valence electrons. The molecule has 0 N–H and O–H groups in total. The summed E-state index contributed by atoms with van der Waals surface area (Å²) in [5.41, 5.74) is 0. The van der Waals surface area contributed by atoms with Crippen LogP contribution >= 0.6 is 0 Å². The van der Waals surface area contributed by atoms with Crippen LogP contribution < -0.4 is 0 Å². The van der Waals surface area contributed by atoms with Gasteiger partial charge in [0.25, 0.3) is 0 Å². The molecular weight excluding hydrogens is 192 g/mol. The molecule has 16 heavy (non-hydrogen) atoms. The highest BCUT2D eigenvalue weighted by atomic mass is 14.7. The molecule has 4 aliphatic carbocycles. The molecule has 0 aliphatic heterocycles. The molecule has 4 bridgehead atoms. The van der Waals surface area contributed by atoms with Gasteiger partial charge in [0.1, 0.15) is 0 Å². The van der Waals surface area contributed by atoms with Crippen LogP contribution in [-0.4, -0.2) is 0 Å². The largest absolute Gasteiger partial charge is 0.0848 e. The van der Waals surface area contributed by atoms with Crippen molar-refractivity contribution >= 4 is 0 Å². The van der Waals surface area contributed by atoms with E-state index >= 15 is 0 Å². The Kier molecular flexibility index (Phi) is 1.79. The zero-order valence-corrected chi connectivity index (χ0v) is 10.8. The molecule has 8 unspecified atom stereocenters. The van der Waals surface area contributed by atoms with E-state index in [2.05, 4.69) is 32.9 Å². The first-order valence-electron chi connectivity index (χ1n) is 7.37. The van der Waals surface area contributed by atoms with E-state index in [4.69, 9.17) is 0 Å². The molecule has 3 saturated carbocycles. The predicted octanol–water partition coefficient (Wildman–Crippen LogP) is 3.98. The molecule has 4 aliphatic rings. The minimum Gasteiger partial charge on any atom is -0.0848 e. The quantitative estimate of drug-likeness (QED) is 0.459. The summed E-state index contributed by atoms with van der Waals surface area (Å²) in [5, 5.41) is 0. The molecular formula is C16H24. The Morgan fingerprint density at radius 2 is 1.62 bits per heavy atom. The van der Waals surface area contributed by atoms with Gasteiger partial charge in [0, 0.05) is 0 Å². The zero-order valence-electron chi connectivity index (χ0n) is 10.8. The molecule has 8 atom stereocenters. The van der Waals surface area contributed by atoms with Gasteiger partial charge in [-0.25, -0.2) is 0 Å². The van der Waals surface area contributed by atoms with Crippen molar-refractivity contribution in [1.82, 2.24) is 0 Å². The van der Waals surface area contributed by atoms with Crippen molar-refractivity contribution in [3.05, 3.63) is 12.2 Å². The summed E-state index contributed by atoms with van der Waals surface area (Å²) >= 11 is 0. The van der Waals surface area contributed by atoms with Gasteiger partial charge in [0.2, 0.25) is 0 Å². The smallest absolute Gasteiger partial charge is 0.0194 e. The van der Waals surface area contributed by atoms with E-state index in [0.717, 1.165) is 53.3 Å². The molecule has 4 rings (SSSR count). The Balaban J connectivity index is 1.72. The molecule has 0 aromatic rings. The fourth-order valence-corrected chi connectivity index (χ4v) is 6.27. The number of allylic oxidation sites excluding steroid dienone is 2. The van der Waals surface area contributed by atoms with Gasteiger partial charge in [-0.2, -0.15) is 0 Å². The van der Waals surface area contributed by atoms with E-state index in [9.17, 15) is 0 Å². The van der Waals surface area contributed by atoms with Crippen LogP contribution in [0.2, 0.25) is 0 Å². The van der Waals surface area contributed by atoms with Gasteiger partial charge in [-0.15, -0.1) is 0 Å². The maximum Gasteiger partial charge on any atom is -0.0194 e. The lowest BCUT2D eigenvalue weighted by Gasteiger charge is -2.38. The average Bonchev–Trinajstić information content (AvgIpc) is 2.95. The highest BCUT2D eigenvalue weighted by molar-refractivity contribution is 5.22. The summed E-state index contributed by atoms with van der Waals surface area (Å²) in [5.74, 6) is 9.33. The van der Waals surface area contributed by atoms with Crippen molar-refractivity contribution in [1.29, 1.82) is 0 Å². The van der Waals surface area contributed by atoms with Crippen LogP contribution in [0.5, 0.6) is 0 Å². The average molecular weight is 216 g/mol. The van der Waals surface area contributed by atoms with Crippen LogP contribution in [0.25, 0.3) is 0 Å². The number of rotatable bonds is 1. The first kappa shape index (κ1) is 9.74. The minimum atomic E-state index is 0.918. The maximum atomic E-state index is 2.57. The van der Waals surface area contributed by atoms with Crippen molar-refractivity contribution in [2.75, 3.05) is 0 Å². The third kappa shape index (κ3) is 0.939. The van der Waals surface area contributed by atoms with Gasteiger partial charge in [0.15, 0.2) is 0 Å². The summed E-state index contributed by atoms with van der Waals surface area (Å²) < 4.78 is 0. The standard InChI is InChI=1S/C16H24/c1-8(2)12-7-13-9(3)14(12)16-11-5-4-10(6-11)15(13)16/h4-5,8-16H,6-7H2,1-3H3. The van der Waals surface area contributed by atoms with Gasteiger partial charge in [-0.3, -0.25) is 0 Å². The van der Waals surface area contributed by atoms with E-state index in [1.54, 1.807) is 6.42 Å². The second kappa shape index (κ2) is 2.94. The van der Waals surface area contributed by atoms with Crippen LogP contribution in [0, 0.1) is 53.3 Å². The predicted molar refractivity (Wildman–Crippen MR) is 66.8 cm³/mol. The van der Waals surface area contributed by atoms with Crippen LogP contribution in [0.1, 0.15) is 33.6 Å². The Morgan fingerprint density at radius 3 is 2.31 bits per heavy atom. The van der Waals surface area contributed by atoms with Crippen LogP contribution in [0.15, 0.2) is 12.2 Å². The third-order valence-electron chi connectivity index (χ3n) is 6.70. The van der Waals surface area contributed by atoms with Crippen molar-refractivity contribution in [3.8, 4) is 0 Å². The fraction of sp³-hybridized carbons (Fsp3) is 0.875. The molecule has 0 saturated heterocycles. The maximum absolute atomic E-state index is 2.57. The molecule has 0 aromatic carbocycles. The molecule has 0 spiro atoms. The van der Waals surface area contributed by atoms with E-state index < -0.39 is 0 Å². The van der Waals surface area contributed by atoms with Gasteiger partial charge >= 0.3 is 0 Å².